The summed E-state index contributed by atoms with van der Waals surface area (Å²) in [5.41, 5.74) is 0.870. The van der Waals surface area contributed by atoms with Gasteiger partial charge >= 0.3 is 0 Å². The molecule has 0 aliphatic rings. The first kappa shape index (κ1) is 13.7. The minimum absolute atomic E-state index is 0.0885. The molecule has 3 nitrogen and oxygen atoms in total. The molecule has 0 saturated carbocycles. The van der Waals surface area contributed by atoms with Crippen molar-refractivity contribution in [2.24, 2.45) is 0 Å². The van der Waals surface area contributed by atoms with Crippen LogP contribution in [0.15, 0.2) is 28.7 Å². The van der Waals surface area contributed by atoms with E-state index in [9.17, 15) is 4.79 Å². The number of carbonyl (C=O) groups is 1. The van der Waals surface area contributed by atoms with Gasteiger partial charge in [-0.25, -0.2) is 0 Å². The minimum atomic E-state index is -0.387. The molecule has 0 aliphatic carbocycles. The Hall–Kier alpha value is -1.34. The zero-order chi connectivity index (χ0) is 12.8. The summed E-state index contributed by atoms with van der Waals surface area (Å²) in [5, 5.41) is 11.9. The highest BCUT2D eigenvalue weighted by Gasteiger charge is 2.15. The second-order valence-corrected chi connectivity index (χ2v) is 5.08. The molecule has 1 atom stereocenters. The molecule has 0 heterocycles. The van der Waals surface area contributed by atoms with E-state index in [2.05, 4.69) is 27.3 Å². The van der Waals surface area contributed by atoms with Crippen LogP contribution in [0.4, 0.5) is 0 Å². The minimum Gasteiger partial charge on any atom is -0.354 e. The number of nitrogens with zero attached hydrogens (tertiary/aromatic N) is 1. The highest BCUT2D eigenvalue weighted by Crippen LogP contribution is 2.21. The highest BCUT2D eigenvalue weighted by atomic mass is 79.9. The maximum atomic E-state index is 11.6. The molecular formula is C13H15BrN2O. The number of carbonyl (C=O) groups excluding carboxylic acids is 1. The Morgan fingerprint density at radius 2 is 2.00 bits per heavy atom. The maximum absolute atomic E-state index is 11.6. The monoisotopic (exact) mass is 294 g/mol. The summed E-state index contributed by atoms with van der Waals surface area (Å²) in [6, 6.07) is 9.74. The summed E-state index contributed by atoms with van der Waals surface area (Å²) in [5.74, 6) is -0.476. The van der Waals surface area contributed by atoms with Crippen LogP contribution in [0.5, 0.6) is 0 Å². The first-order valence-corrected chi connectivity index (χ1v) is 6.26. The largest absolute Gasteiger partial charge is 0.354 e. The van der Waals surface area contributed by atoms with Crippen LogP contribution in [0.3, 0.4) is 0 Å². The van der Waals surface area contributed by atoms with Crippen LogP contribution in [0, 0.1) is 11.3 Å². The van der Waals surface area contributed by atoms with E-state index in [1.54, 1.807) is 0 Å². The second kappa shape index (κ2) is 6.41. The lowest BCUT2D eigenvalue weighted by Gasteiger charge is -2.12. The van der Waals surface area contributed by atoms with Gasteiger partial charge in [-0.3, -0.25) is 4.79 Å². The molecular weight excluding hydrogens is 280 g/mol. The Morgan fingerprint density at radius 3 is 2.47 bits per heavy atom. The number of nitrogens with one attached hydrogen (secondary N) is 1. The Balaban J connectivity index is 2.70. The van der Waals surface area contributed by atoms with Crippen LogP contribution in [0.2, 0.25) is 0 Å². The van der Waals surface area contributed by atoms with E-state index in [0.717, 1.165) is 10.0 Å². The highest BCUT2D eigenvalue weighted by molar-refractivity contribution is 9.10. The van der Waals surface area contributed by atoms with E-state index in [1.165, 1.54) is 0 Å². The Morgan fingerprint density at radius 1 is 1.41 bits per heavy atom. The third-order valence-electron chi connectivity index (χ3n) is 2.27. The van der Waals surface area contributed by atoms with Gasteiger partial charge in [-0.2, -0.15) is 5.26 Å². The molecule has 1 N–H and O–H groups in total. The average Bonchev–Trinajstić information content (AvgIpc) is 2.26. The van der Waals surface area contributed by atoms with E-state index in [-0.39, 0.29) is 24.3 Å². The van der Waals surface area contributed by atoms with Crippen molar-refractivity contribution in [1.82, 2.24) is 5.32 Å². The summed E-state index contributed by atoms with van der Waals surface area (Å²) in [4.78, 5) is 11.6. The van der Waals surface area contributed by atoms with Gasteiger partial charge in [0.15, 0.2) is 0 Å². The van der Waals surface area contributed by atoms with Crippen molar-refractivity contribution in [2.45, 2.75) is 32.2 Å². The van der Waals surface area contributed by atoms with E-state index in [4.69, 9.17) is 5.26 Å². The molecule has 4 heteroatoms. The molecule has 1 aromatic rings. The lowest BCUT2D eigenvalue weighted by Crippen LogP contribution is -2.31. The fourth-order valence-corrected chi connectivity index (χ4v) is 1.76. The van der Waals surface area contributed by atoms with E-state index < -0.39 is 0 Å². The van der Waals surface area contributed by atoms with Crippen LogP contribution in [-0.4, -0.2) is 11.9 Å². The zero-order valence-electron chi connectivity index (χ0n) is 9.90. The topological polar surface area (TPSA) is 52.9 Å². The molecule has 0 saturated heterocycles. The summed E-state index contributed by atoms with van der Waals surface area (Å²) in [6.45, 7) is 3.80. The molecule has 1 aromatic carbocycles. The predicted octanol–water partition coefficient (Wildman–Crippen LogP) is 2.97. The van der Waals surface area contributed by atoms with Gasteiger partial charge in [-0.05, 0) is 31.5 Å². The Labute approximate surface area is 110 Å². The fourth-order valence-electron chi connectivity index (χ4n) is 1.50. The third-order valence-corrected chi connectivity index (χ3v) is 2.80. The molecule has 1 unspecified atom stereocenters. The SMILES string of the molecule is CC(C)NC(=O)CC(C#N)c1ccc(Br)cc1. The van der Waals surface area contributed by atoms with Gasteiger partial charge in [0.25, 0.3) is 0 Å². The number of halogens is 1. The zero-order valence-corrected chi connectivity index (χ0v) is 11.5. The summed E-state index contributed by atoms with van der Waals surface area (Å²) < 4.78 is 0.963. The Kier molecular flexibility index (Phi) is 5.17. The molecule has 17 heavy (non-hydrogen) atoms. The van der Waals surface area contributed by atoms with Crippen molar-refractivity contribution in [3.63, 3.8) is 0 Å². The normalized spacial score (nSPS) is 11.9. The number of nitriles is 1. The number of hydrogen-bond donors (Lipinski definition) is 1. The van der Waals surface area contributed by atoms with Gasteiger partial charge < -0.3 is 5.32 Å². The molecule has 0 spiro atoms. The summed E-state index contributed by atoms with van der Waals surface area (Å²) in [7, 11) is 0. The van der Waals surface area contributed by atoms with Gasteiger partial charge in [0, 0.05) is 16.9 Å². The molecule has 0 aromatic heterocycles. The predicted molar refractivity (Wildman–Crippen MR) is 70.4 cm³/mol. The molecule has 0 radical (unpaired) electrons. The van der Waals surface area contributed by atoms with Crippen LogP contribution < -0.4 is 5.32 Å². The van der Waals surface area contributed by atoms with Crippen molar-refractivity contribution < 1.29 is 4.79 Å². The fraction of sp³-hybridized carbons (Fsp3) is 0.385. The number of hydrogen-bond acceptors (Lipinski definition) is 2. The van der Waals surface area contributed by atoms with E-state index >= 15 is 0 Å². The third kappa shape index (κ3) is 4.58. The van der Waals surface area contributed by atoms with Crippen LogP contribution in [0.1, 0.15) is 31.7 Å². The molecule has 90 valence electrons. The van der Waals surface area contributed by atoms with Gasteiger partial charge in [-0.15, -0.1) is 0 Å². The number of benzene rings is 1. The lowest BCUT2D eigenvalue weighted by molar-refractivity contribution is -0.121. The lowest BCUT2D eigenvalue weighted by atomic mass is 9.97. The van der Waals surface area contributed by atoms with Crippen molar-refractivity contribution in [3.8, 4) is 6.07 Å². The Bertz CT molecular complexity index is 420. The van der Waals surface area contributed by atoms with Crippen LogP contribution in [-0.2, 0) is 4.79 Å². The molecule has 1 rings (SSSR count). The van der Waals surface area contributed by atoms with E-state index in [0.29, 0.717) is 0 Å². The molecule has 0 bridgehead atoms. The van der Waals surface area contributed by atoms with Gasteiger partial charge in [0.1, 0.15) is 0 Å². The van der Waals surface area contributed by atoms with Crippen molar-refractivity contribution in [3.05, 3.63) is 34.3 Å². The van der Waals surface area contributed by atoms with Crippen LogP contribution >= 0.6 is 15.9 Å². The molecule has 0 aliphatic heterocycles. The molecule has 1 amide bonds. The van der Waals surface area contributed by atoms with Gasteiger partial charge in [0.2, 0.25) is 5.91 Å². The first-order valence-electron chi connectivity index (χ1n) is 5.47. The van der Waals surface area contributed by atoms with Crippen molar-refractivity contribution >= 4 is 21.8 Å². The summed E-state index contributed by atoms with van der Waals surface area (Å²) >= 11 is 3.34. The average molecular weight is 295 g/mol. The standard InChI is InChI=1S/C13H15BrN2O/c1-9(2)16-13(17)7-11(8-15)10-3-5-12(14)6-4-10/h3-6,9,11H,7H2,1-2H3,(H,16,17). The summed E-state index contributed by atoms with van der Waals surface area (Å²) in [6.07, 6.45) is 0.205. The quantitative estimate of drug-likeness (QED) is 0.928. The smallest absolute Gasteiger partial charge is 0.221 e. The van der Waals surface area contributed by atoms with E-state index in [1.807, 2.05) is 38.1 Å². The van der Waals surface area contributed by atoms with Crippen LogP contribution in [0.25, 0.3) is 0 Å². The van der Waals surface area contributed by atoms with Gasteiger partial charge in [-0.1, -0.05) is 28.1 Å². The first-order chi connectivity index (χ1) is 8.02. The maximum Gasteiger partial charge on any atom is 0.221 e. The van der Waals surface area contributed by atoms with Crippen molar-refractivity contribution in [2.75, 3.05) is 0 Å². The van der Waals surface area contributed by atoms with Crippen molar-refractivity contribution in [1.29, 1.82) is 5.26 Å². The number of amides is 1. The van der Waals surface area contributed by atoms with Gasteiger partial charge in [0.05, 0.1) is 12.0 Å². The second-order valence-electron chi connectivity index (χ2n) is 4.16. The molecule has 0 fully saturated rings. The number of rotatable bonds is 4.